The maximum Gasteiger partial charge on any atom is 0.295 e. The highest BCUT2D eigenvalue weighted by molar-refractivity contribution is 9.11. The van der Waals surface area contributed by atoms with Gasteiger partial charge in [0, 0.05) is 31.4 Å². The van der Waals surface area contributed by atoms with Gasteiger partial charge in [-0.05, 0) is 86.1 Å². The van der Waals surface area contributed by atoms with Crippen LogP contribution in [0.25, 0.3) is 0 Å². The van der Waals surface area contributed by atoms with E-state index in [1.807, 2.05) is 0 Å². The fraction of sp³-hybridized carbons (Fsp3) is 0.257. The average Bonchev–Trinajstić information content (AvgIpc) is 3.02. The Labute approximate surface area is 303 Å². The molecule has 0 amide bonds. The molecule has 1 aliphatic carbocycles. The van der Waals surface area contributed by atoms with Gasteiger partial charge >= 0.3 is 0 Å². The van der Waals surface area contributed by atoms with Crippen molar-refractivity contribution in [2.75, 3.05) is 10.6 Å². The Hall–Kier alpha value is -3.40. The molecule has 0 heterocycles. The molecule has 0 spiro atoms. The molecule has 0 saturated heterocycles. The summed E-state index contributed by atoms with van der Waals surface area (Å²) in [5, 5.41) is 6.39. The normalized spacial score (nSPS) is 12.7. The van der Waals surface area contributed by atoms with Crippen molar-refractivity contribution in [1.29, 1.82) is 0 Å². The van der Waals surface area contributed by atoms with Gasteiger partial charge in [0.1, 0.15) is 9.79 Å². The lowest BCUT2D eigenvalue weighted by Gasteiger charge is -2.27. The van der Waals surface area contributed by atoms with E-state index in [0.717, 1.165) is 0 Å². The first-order chi connectivity index (χ1) is 22.4. The second-order valence-corrected chi connectivity index (χ2v) is 15.8. The van der Waals surface area contributed by atoms with Crippen LogP contribution in [-0.4, -0.2) is 37.5 Å². The van der Waals surface area contributed by atoms with Crippen LogP contribution in [-0.2, 0) is 33.1 Å². The molecule has 260 valence electrons. The predicted octanol–water partition coefficient (Wildman–Crippen LogP) is 8.96. The summed E-state index contributed by atoms with van der Waals surface area (Å²) in [4.78, 5) is 27.9. The third kappa shape index (κ3) is 6.38. The van der Waals surface area contributed by atoms with Crippen LogP contribution in [0.1, 0.15) is 86.5 Å². The summed E-state index contributed by atoms with van der Waals surface area (Å²) >= 11 is 6.97. The smallest absolute Gasteiger partial charge is 0.295 e. The number of anilines is 4. The van der Waals surface area contributed by atoms with E-state index in [0.29, 0.717) is 55.4 Å². The van der Waals surface area contributed by atoms with Crippen molar-refractivity contribution in [3.8, 4) is 0 Å². The summed E-state index contributed by atoms with van der Waals surface area (Å²) in [6, 6.07) is 9.53. The van der Waals surface area contributed by atoms with Crippen LogP contribution in [0.15, 0.2) is 55.1 Å². The lowest BCUT2D eigenvalue weighted by Crippen LogP contribution is -2.24. The van der Waals surface area contributed by atoms with Gasteiger partial charge in [-0.25, -0.2) is 0 Å². The molecule has 0 unspecified atom stereocenters. The molecule has 5 rings (SSSR count). The van der Waals surface area contributed by atoms with E-state index in [1.54, 1.807) is 77.9 Å². The fourth-order valence-corrected chi connectivity index (χ4v) is 10.2. The molecular formula is C35H36Br2N2O8S2. The van der Waals surface area contributed by atoms with Crippen LogP contribution in [0, 0.1) is 27.7 Å². The average molecular weight is 837 g/mol. The van der Waals surface area contributed by atoms with Crippen molar-refractivity contribution in [1.82, 2.24) is 0 Å². The summed E-state index contributed by atoms with van der Waals surface area (Å²) in [7, 11) is -9.29. The molecule has 14 heteroatoms. The number of ketones is 2. The molecule has 4 N–H and O–H groups in total. The van der Waals surface area contributed by atoms with E-state index in [4.69, 9.17) is 0 Å². The Morgan fingerprint density at radius 1 is 0.612 bits per heavy atom. The number of halogens is 2. The second kappa shape index (κ2) is 13.7. The Kier molecular flexibility index (Phi) is 10.8. The lowest BCUT2D eigenvalue weighted by molar-refractivity contribution is 0.0980. The molecule has 49 heavy (non-hydrogen) atoms. The highest BCUT2D eigenvalue weighted by atomic mass is 79.9. The van der Waals surface area contributed by atoms with E-state index in [9.17, 15) is 35.5 Å². The first-order valence-electron chi connectivity index (χ1n) is 14.8. The third-order valence-corrected chi connectivity index (χ3v) is 13.0. The van der Waals surface area contributed by atoms with Crippen LogP contribution in [0.4, 0.5) is 22.7 Å². The van der Waals surface area contributed by atoms with Gasteiger partial charge in [-0.15, -0.1) is 0 Å². The molecule has 1 aliphatic rings. The number of carbonyl (C=O) groups is 2. The Morgan fingerprint density at radius 2 is 0.939 bits per heavy atom. The van der Waals surface area contributed by atoms with Crippen LogP contribution < -0.4 is 10.6 Å². The fourth-order valence-electron chi connectivity index (χ4n) is 6.52. The molecule has 0 bridgehead atoms. The highest BCUT2D eigenvalue weighted by Crippen LogP contribution is 2.45. The zero-order valence-corrected chi connectivity index (χ0v) is 31.6. The molecule has 4 aromatic carbocycles. The minimum absolute atomic E-state index is 0. The summed E-state index contributed by atoms with van der Waals surface area (Å²) in [5.74, 6) is -0.925. The van der Waals surface area contributed by atoms with E-state index in [-0.39, 0.29) is 62.0 Å². The summed E-state index contributed by atoms with van der Waals surface area (Å²) in [6.45, 7) is 10.1. The number of benzene rings is 4. The van der Waals surface area contributed by atoms with Gasteiger partial charge in [-0.1, -0.05) is 77.4 Å². The van der Waals surface area contributed by atoms with E-state index in [1.165, 1.54) is 0 Å². The van der Waals surface area contributed by atoms with Crippen molar-refractivity contribution in [3.63, 3.8) is 0 Å². The Morgan fingerprint density at radius 3 is 1.22 bits per heavy atom. The van der Waals surface area contributed by atoms with Crippen molar-refractivity contribution in [2.45, 2.75) is 71.6 Å². The van der Waals surface area contributed by atoms with Crippen molar-refractivity contribution >= 4 is 86.4 Å². The molecule has 4 aromatic rings. The summed E-state index contributed by atoms with van der Waals surface area (Å²) in [6.07, 6.45) is 0.620. The van der Waals surface area contributed by atoms with Crippen LogP contribution in [0.5, 0.6) is 0 Å². The number of hydrogen-bond donors (Lipinski definition) is 4. The first kappa shape index (κ1) is 38.4. The van der Waals surface area contributed by atoms with Crippen molar-refractivity contribution in [2.24, 2.45) is 0 Å². The highest BCUT2D eigenvalue weighted by Gasteiger charge is 2.35. The molecule has 0 aliphatic heterocycles. The number of nitrogens with one attached hydrogen (secondary N) is 2. The zero-order valence-electron chi connectivity index (χ0n) is 26.8. The van der Waals surface area contributed by atoms with Crippen LogP contribution in [0.2, 0.25) is 0 Å². The van der Waals surface area contributed by atoms with E-state index in [2.05, 4.69) is 42.5 Å². The quantitative estimate of drug-likeness (QED) is 0.111. The van der Waals surface area contributed by atoms with E-state index >= 15 is 0 Å². The predicted molar refractivity (Wildman–Crippen MR) is 199 cm³/mol. The molecule has 10 nitrogen and oxygen atoms in total. The molecule has 0 fully saturated rings. The number of fused-ring (bicyclic) bond motifs is 2. The maximum absolute atomic E-state index is 14.2. The molecule has 0 radical (unpaired) electrons. The number of carbonyl (C=O) groups excluding carboxylic acids is 2. The van der Waals surface area contributed by atoms with E-state index < -0.39 is 31.8 Å². The number of rotatable bonds is 8. The third-order valence-electron chi connectivity index (χ3n) is 8.74. The maximum atomic E-state index is 14.2. The molecular weight excluding hydrogens is 800 g/mol. The Bertz CT molecular complexity index is 2160. The minimum Gasteiger partial charge on any atom is -0.354 e. The van der Waals surface area contributed by atoms with Gasteiger partial charge in [-0.3, -0.25) is 18.7 Å². The van der Waals surface area contributed by atoms with Crippen molar-refractivity contribution < 1.29 is 35.5 Å². The van der Waals surface area contributed by atoms with Gasteiger partial charge in [0.2, 0.25) is 0 Å². The van der Waals surface area contributed by atoms with Gasteiger partial charge in [-0.2, -0.15) is 16.8 Å². The van der Waals surface area contributed by atoms with Gasteiger partial charge < -0.3 is 10.6 Å². The standard InChI is InChI=1S/C34H32Br2N2O8S2.CH4/c1-7-19-27(35)15(3)29(17(5)33(19)47(41,42)43)37-23-13-14-24(26-25(23)31(39)21-11-9-10-12-22(21)32(26)40)38-30-16(4)28(36)20(8-2)34(18(30)6)48(44,45)46;/h9-14,37-38H,7-8H2,1-6H3,(H,41,42,43)(H,44,45,46);1H4. The Balaban J connectivity index is 0.00000541. The van der Waals surface area contributed by atoms with Crippen molar-refractivity contribution in [3.05, 3.63) is 101 Å². The first-order valence-corrected chi connectivity index (χ1v) is 19.3. The minimum atomic E-state index is -4.64. The number of hydrogen-bond acceptors (Lipinski definition) is 8. The molecule has 0 saturated carbocycles. The largest absolute Gasteiger partial charge is 0.354 e. The lowest BCUT2D eigenvalue weighted by atomic mass is 9.82. The summed E-state index contributed by atoms with van der Waals surface area (Å²) in [5.41, 5.74) is 3.93. The van der Waals surface area contributed by atoms with Crippen LogP contribution in [0.3, 0.4) is 0 Å². The molecule has 0 atom stereocenters. The monoisotopic (exact) mass is 834 g/mol. The SMILES string of the molecule is C.CCc1c(Br)c(C)c(Nc2ccc(Nc3c(C)c(Br)c(CC)c(S(=O)(=O)O)c3C)c3c2C(=O)c2ccccc2C3=O)c(C)c1S(=O)(=O)O. The second-order valence-electron chi connectivity index (χ2n) is 11.5. The topological polar surface area (TPSA) is 167 Å². The van der Waals surface area contributed by atoms with Crippen LogP contribution >= 0.6 is 31.9 Å². The van der Waals surface area contributed by atoms with Gasteiger partial charge in [0.25, 0.3) is 20.2 Å². The molecule has 0 aromatic heterocycles. The summed E-state index contributed by atoms with van der Waals surface area (Å²) < 4.78 is 71.4. The van der Waals surface area contributed by atoms with Gasteiger partial charge in [0.05, 0.1) is 22.5 Å². The van der Waals surface area contributed by atoms with Gasteiger partial charge in [0.15, 0.2) is 11.6 Å². The zero-order chi connectivity index (χ0) is 35.6.